The molecule has 0 saturated carbocycles. The summed E-state index contributed by atoms with van der Waals surface area (Å²) in [6.45, 7) is 2.02. The van der Waals surface area contributed by atoms with Gasteiger partial charge in [0.2, 0.25) is 0 Å². The van der Waals surface area contributed by atoms with E-state index in [0.717, 1.165) is 18.2 Å². The molecule has 1 unspecified atom stereocenters. The van der Waals surface area contributed by atoms with Crippen LogP contribution in [0, 0.1) is 5.82 Å². The van der Waals surface area contributed by atoms with E-state index < -0.39 is 0 Å². The van der Waals surface area contributed by atoms with E-state index in [9.17, 15) is 4.39 Å². The molecular weight excluding hydrogens is 207 g/mol. The van der Waals surface area contributed by atoms with Gasteiger partial charge in [0.1, 0.15) is 0 Å². The first-order chi connectivity index (χ1) is 7.70. The molecule has 0 aromatic carbocycles. The Kier molecular flexibility index (Phi) is 2.96. The van der Waals surface area contributed by atoms with Crippen LogP contribution in [0.2, 0.25) is 0 Å². The number of rotatable bonds is 3. The second-order valence-corrected chi connectivity index (χ2v) is 3.57. The van der Waals surface area contributed by atoms with Gasteiger partial charge in [0.15, 0.2) is 11.6 Å². The summed E-state index contributed by atoms with van der Waals surface area (Å²) in [5.41, 5.74) is 6.84. The SMILES string of the molecule is CCC(N)c1ccc(-n2cc(F)cn2)nc1. The Morgan fingerprint density at radius 1 is 1.44 bits per heavy atom. The van der Waals surface area contributed by atoms with Gasteiger partial charge in [-0.3, -0.25) is 0 Å². The molecular formula is C11H13FN4. The number of pyridine rings is 1. The highest BCUT2D eigenvalue weighted by atomic mass is 19.1. The van der Waals surface area contributed by atoms with Crippen molar-refractivity contribution in [2.75, 3.05) is 0 Å². The Bertz CT molecular complexity index is 463. The maximum atomic E-state index is 12.7. The molecule has 0 bridgehead atoms. The molecule has 0 aliphatic heterocycles. The highest BCUT2D eigenvalue weighted by molar-refractivity contribution is 5.26. The van der Waals surface area contributed by atoms with Crippen LogP contribution in [0.25, 0.3) is 5.82 Å². The van der Waals surface area contributed by atoms with Gasteiger partial charge in [-0.05, 0) is 18.1 Å². The molecule has 2 N–H and O–H groups in total. The maximum absolute atomic E-state index is 12.7. The van der Waals surface area contributed by atoms with Crippen LogP contribution >= 0.6 is 0 Å². The Morgan fingerprint density at radius 3 is 2.75 bits per heavy atom. The van der Waals surface area contributed by atoms with E-state index in [1.807, 2.05) is 13.0 Å². The third-order valence-corrected chi connectivity index (χ3v) is 2.42. The molecule has 0 radical (unpaired) electrons. The molecule has 84 valence electrons. The van der Waals surface area contributed by atoms with Crippen LogP contribution < -0.4 is 5.73 Å². The van der Waals surface area contributed by atoms with E-state index in [1.165, 1.54) is 10.9 Å². The lowest BCUT2D eigenvalue weighted by Crippen LogP contribution is -2.09. The monoisotopic (exact) mass is 220 g/mol. The van der Waals surface area contributed by atoms with Crippen molar-refractivity contribution in [3.63, 3.8) is 0 Å². The van der Waals surface area contributed by atoms with Gasteiger partial charge in [-0.1, -0.05) is 13.0 Å². The Morgan fingerprint density at radius 2 is 2.25 bits per heavy atom. The molecule has 2 aromatic rings. The van der Waals surface area contributed by atoms with Gasteiger partial charge in [-0.15, -0.1) is 0 Å². The number of nitrogens with zero attached hydrogens (tertiary/aromatic N) is 3. The van der Waals surface area contributed by atoms with Gasteiger partial charge in [0, 0.05) is 12.2 Å². The minimum Gasteiger partial charge on any atom is -0.324 e. The molecule has 0 saturated heterocycles. The topological polar surface area (TPSA) is 56.7 Å². The van der Waals surface area contributed by atoms with Crippen LogP contribution in [-0.4, -0.2) is 14.8 Å². The fourth-order valence-electron chi connectivity index (χ4n) is 1.41. The Labute approximate surface area is 92.9 Å². The fraction of sp³-hybridized carbons (Fsp3) is 0.273. The highest BCUT2D eigenvalue weighted by Crippen LogP contribution is 2.13. The smallest absolute Gasteiger partial charge is 0.161 e. The molecule has 5 heteroatoms. The number of hydrogen-bond acceptors (Lipinski definition) is 3. The average Bonchev–Trinajstić information content (AvgIpc) is 2.75. The standard InChI is InChI=1S/C11H13FN4/c1-2-10(13)8-3-4-11(14-5-8)16-7-9(12)6-15-16/h3-7,10H,2,13H2,1H3. The van der Waals surface area contributed by atoms with Crippen LogP contribution in [0.4, 0.5) is 4.39 Å². The summed E-state index contributed by atoms with van der Waals surface area (Å²) in [7, 11) is 0. The van der Waals surface area contributed by atoms with Gasteiger partial charge >= 0.3 is 0 Å². The maximum Gasteiger partial charge on any atom is 0.161 e. The van der Waals surface area contributed by atoms with E-state index in [4.69, 9.17) is 5.73 Å². The van der Waals surface area contributed by atoms with Crippen LogP contribution in [0.3, 0.4) is 0 Å². The predicted molar refractivity (Wildman–Crippen MR) is 58.5 cm³/mol. The van der Waals surface area contributed by atoms with E-state index in [2.05, 4.69) is 10.1 Å². The Balaban J connectivity index is 2.25. The Hall–Kier alpha value is -1.75. The molecule has 0 aliphatic carbocycles. The summed E-state index contributed by atoms with van der Waals surface area (Å²) < 4.78 is 14.1. The second-order valence-electron chi connectivity index (χ2n) is 3.57. The van der Waals surface area contributed by atoms with Crippen LogP contribution in [-0.2, 0) is 0 Å². The van der Waals surface area contributed by atoms with E-state index in [1.54, 1.807) is 12.3 Å². The van der Waals surface area contributed by atoms with E-state index in [-0.39, 0.29) is 11.9 Å². The van der Waals surface area contributed by atoms with Gasteiger partial charge in [0.05, 0.1) is 12.4 Å². The molecule has 2 rings (SSSR count). The van der Waals surface area contributed by atoms with Gasteiger partial charge < -0.3 is 5.73 Å². The third-order valence-electron chi connectivity index (χ3n) is 2.42. The molecule has 0 aliphatic rings. The molecule has 2 aromatic heterocycles. The molecule has 16 heavy (non-hydrogen) atoms. The number of halogens is 1. The number of nitrogens with two attached hydrogens (primary N) is 1. The van der Waals surface area contributed by atoms with Crippen molar-refractivity contribution in [2.45, 2.75) is 19.4 Å². The molecule has 1 atom stereocenters. The zero-order valence-corrected chi connectivity index (χ0v) is 8.97. The average molecular weight is 220 g/mol. The van der Waals surface area contributed by atoms with Crippen molar-refractivity contribution < 1.29 is 4.39 Å². The summed E-state index contributed by atoms with van der Waals surface area (Å²) in [5, 5.41) is 3.83. The third kappa shape index (κ3) is 2.09. The van der Waals surface area contributed by atoms with Gasteiger partial charge in [-0.25, -0.2) is 14.1 Å². The minimum absolute atomic E-state index is 0.00379. The predicted octanol–water partition coefficient (Wildman–Crippen LogP) is 1.82. The fourth-order valence-corrected chi connectivity index (χ4v) is 1.41. The van der Waals surface area contributed by atoms with Crippen LogP contribution in [0.5, 0.6) is 0 Å². The largest absolute Gasteiger partial charge is 0.324 e. The summed E-state index contributed by atoms with van der Waals surface area (Å²) in [5.74, 6) is 0.201. The van der Waals surface area contributed by atoms with Crippen LogP contribution in [0.15, 0.2) is 30.7 Å². The second kappa shape index (κ2) is 4.40. The van der Waals surface area contributed by atoms with E-state index >= 15 is 0 Å². The van der Waals surface area contributed by atoms with Crippen molar-refractivity contribution in [3.8, 4) is 5.82 Å². The van der Waals surface area contributed by atoms with Crippen molar-refractivity contribution in [2.24, 2.45) is 5.73 Å². The molecule has 2 heterocycles. The normalized spacial score (nSPS) is 12.7. The first kappa shape index (κ1) is 10.8. The van der Waals surface area contributed by atoms with Crippen molar-refractivity contribution in [3.05, 3.63) is 42.1 Å². The lowest BCUT2D eigenvalue weighted by Gasteiger charge is -2.08. The van der Waals surface area contributed by atoms with Crippen LogP contribution in [0.1, 0.15) is 24.9 Å². The van der Waals surface area contributed by atoms with Crippen molar-refractivity contribution >= 4 is 0 Å². The summed E-state index contributed by atoms with van der Waals surface area (Å²) in [6, 6.07) is 3.66. The molecule has 4 nitrogen and oxygen atoms in total. The molecule has 0 amide bonds. The zero-order chi connectivity index (χ0) is 11.5. The summed E-state index contributed by atoms with van der Waals surface area (Å²) in [4.78, 5) is 4.19. The summed E-state index contributed by atoms with van der Waals surface area (Å²) >= 11 is 0. The zero-order valence-electron chi connectivity index (χ0n) is 8.97. The minimum atomic E-state index is -0.379. The first-order valence-electron chi connectivity index (χ1n) is 5.12. The lowest BCUT2D eigenvalue weighted by atomic mass is 10.1. The molecule has 0 fully saturated rings. The first-order valence-corrected chi connectivity index (χ1v) is 5.12. The van der Waals surface area contributed by atoms with Gasteiger partial charge in [-0.2, -0.15) is 5.10 Å². The summed E-state index contributed by atoms with van der Waals surface area (Å²) in [6.07, 6.45) is 4.98. The molecule has 0 spiro atoms. The van der Waals surface area contributed by atoms with E-state index in [0.29, 0.717) is 5.82 Å². The van der Waals surface area contributed by atoms with Gasteiger partial charge in [0.25, 0.3) is 0 Å². The number of hydrogen-bond donors (Lipinski definition) is 1. The highest BCUT2D eigenvalue weighted by Gasteiger charge is 2.05. The lowest BCUT2D eigenvalue weighted by molar-refractivity contribution is 0.627. The van der Waals surface area contributed by atoms with Crippen molar-refractivity contribution in [1.29, 1.82) is 0 Å². The van der Waals surface area contributed by atoms with Crippen molar-refractivity contribution in [1.82, 2.24) is 14.8 Å². The quantitative estimate of drug-likeness (QED) is 0.858. The number of aromatic nitrogens is 3.